The zero-order valence-electron chi connectivity index (χ0n) is 9.28. The monoisotopic (exact) mass is 191 g/mol. The first-order valence-electron chi connectivity index (χ1n) is 5.07. The molecule has 0 aromatic carbocycles. The van der Waals surface area contributed by atoms with Crippen molar-refractivity contribution in [2.75, 3.05) is 0 Å². The van der Waals surface area contributed by atoms with Crippen LogP contribution in [0, 0.1) is 17.2 Å². The zero-order valence-corrected chi connectivity index (χ0v) is 9.28. The van der Waals surface area contributed by atoms with Crippen LogP contribution in [0.1, 0.15) is 44.9 Å². The lowest BCUT2D eigenvalue weighted by molar-refractivity contribution is 0.510. The molecule has 1 unspecified atom stereocenters. The van der Waals surface area contributed by atoms with Crippen LogP contribution in [0.5, 0.6) is 0 Å². The summed E-state index contributed by atoms with van der Waals surface area (Å²) < 4.78 is 1.83. The topological polar surface area (TPSA) is 41.6 Å². The molecule has 0 amide bonds. The van der Waals surface area contributed by atoms with Gasteiger partial charge in [0.1, 0.15) is 6.07 Å². The molecule has 0 aliphatic heterocycles. The van der Waals surface area contributed by atoms with Crippen LogP contribution in [-0.2, 0) is 6.54 Å². The third-order valence-electron chi connectivity index (χ3n) is 2.67. The second kappa shape index (κ2) is 4.28. The van der Waals surface area contributed by atoms with Crippen LogP contribution in [0.2, 0.25) is 0 Å². The Bertz CT molecular complexity index is 344. The minimum absolute atomic E-state index is 0.345. The maximum absolute atomic E-state index is 8.95. The molecule has 0 N–H and O–H groups in total. The maximum Gasteiger partial charge on any atom is 0.103 e. The fraction of sp³-hybridized carbons (Fsp3) is 0.636. The highest BCUT2D eigenvalue weighted by atomic mass is 15.3. The van der Waals surface area contributed by atoms with Gasteiger partial charge >= 0.3 is 0 Å². The van der Waals surface area contributed by atoms with Gasteiger partial charge in [0.15, 0.2) is 0 Å². The first-order chi connectivity index (χ1) is 6.60. The minimum atomic E-state index is 0.345. The molecule has 1 rings (SSSR count). The molecule has 3 heteroatoms. The second-order valence-corrected chi connectivity index (χ2v) is 3.93. The van der Waals surface area contributed by atoms with Crippen LogP contribution in [0.3, 0.4) is 0 Å². The zero-order chi connectivity index (χ0) is 10.7. The Morgan fingerprint density at radius 2 is 2.14 bits per heavy atom. The number of aromatic nitrogens is 2. The number of rotatable bonds is 3. The molecule has 1 aromatic heterocycles. The molecule has 76 valence electrons. The summed E-state index contributed by atoms with van der Waals surface area (Å²) in [6, 6.07) is 2.20. The molecule has 0 bridgehead atoms. The molecular formula is C11H17N3. The van der Waals surface area contributed by atoms with E-state index >= 15 is 0 Å². The molecule has 0 saturated heterocycles. The highest BCUT2D eigenvalue weighted by Crippen LogP contribution is 2.24. The van der Waals surface area contributed by atoms with Crippen molar-refractivity contribution in [1.82, 2.24) is 9.78 Å². The van der Waals surface area contributed by atoms with Crippen LogP contribution < -0.4 is 0 Å². The van der Waals surface area contributed by atoms with E-state index in [2.05, 4.69) is 31.9 Å². The van der Waals surface area contributed by atoms with E-state index in [0.717, 1.165) is 12.2 Å². The van der Waals surface area contributed by atoms with Crippen molar-refractivity contribution in [1.29, 1.82) is 5.26 Å². The highest BCUT2D eigenvalue weighted by Gasteiger charge is 2.17. The first-order valence-corrected chi connectivity index (χ1v) is 5.07. The van der Waals surface area contributed by atoms with Crippen molar-refractivity contribution in [3.8, 4) is 6.07 Å². The normalized spacial score (nSPS) is 12.9. The molecule has 1 aromatic rings. The van der Waals surface area contributed by atoms with E-state index in [9.17, 15) is 0 Å². The molecule has 1 heterocycles. The third kappa shape index (κ3) is 1.95. The average molecular weight is 191 g/mol. The summed E-state index contributed by atoms with van der Waals surface area (Å²) in [7, 11) is 0. The smallest absolute Gasteiger partial charge is 0.103 e. The lowest BCUT2D eigenvalue weighted by Gasteiger charge is -2.12. The SMILES string of the molecule is CCn1cc(C#N)c(C(C)C(C)C)n1. The van der Waals surface area contributed by atoms with Crippen LogP contribution in [0.15, 0.2) is 6.20 Å². The molecule has 0 fully saturated rings. The molecule has 14 heavy (non-hydrogen) atoms. The standard InChI is InChI=1S/C11H17N3/c1-5-14-7-10(6-12)11(13-14)9(4)8(2)3/h7-9H,5H2,1-4H3. The van der Waals surface area contributed by atoms with Gasteiger partial charge in [-0.2, -0.15) is 10.4 Å². The molecule has 0 aliphatic rings. The summed E-state index contributed by atoms with van der Waals surface area (Å²) in [6.07, 6.45) is 1.83. The van der Waals surface area contributed by atoms with E-state index in [-0.39, 0.29) is 0 Å². The van der Waals surface area contributed by atoms with Gasteiger partial charge in [-0.05, 0) is 12.8 Å². The lowest BCUT2D eigenvalue weighted by atomic mass is 9.93. The van der Waals surface area contributed by atoms with Crippen molar-refractivity contribution in [2.45, 2.75) is 40.2 Å². The maximum atomic E-state index is 8.95. The summed E-state index contributed by atoms with van der Waals surface area (Å²) in [6.45, 7) is 9.26. The van der Waals surface area contributed by atoms with Gasteiger partial charge in [-0.1, -0.05) is 20.8 Å². The van der Waals surface area contributed by atoms with E-state index in [1.807, 2.05) is 17.8 Å². The molecule has 3 nitrogen and oxygen atoms in total. The van der Waals surface area contributed by atoms with Gasteiger partial charge in [0.05, 0.1) is 11.3 Å². The van der Waals surface area contributed by atoms with Crippen molar-refractivity contribution < 1.29 is 0 Å². The Hall–Kier alpha value is -1.30. The molecule has 0 saturated carbocycles. The average Bonchev–Trinajstić information content (AvgIpc) is 2.59. The largest absolute Gasteiger partial charge is 0.271 e. The van der Waals surface area contributed by atoms with Gasteiger partial charge in [0, 0.05) is 18.7 Å². The van der Waals surface area contributed by atoms with E-state index in [0.29, 0.717) is 17.4 Å². The van der Waals surface area contributed by atoms with Crippen LogP contribution in [0.4, 0.5) is 0 Å². The lowest BCUT2D eigenvalue weighted by Crippen LogP contribution is -2.05. The van der Waals surface area contributed by atoms with Crippen molar-refractivity contribution >= 4 is 0 Å². The number of nitrogens with zero attached hydrogens (tertiary/aromatic N) is 3. The van der Waals surface area contributed by atoms with Gasteiger partial charge in [-0.15, -0.1) is 0 Å². The fourth-order valence-electron chi connectivity index (χ4n) is 1.34. The van der Waals surface area contributed by atoms with Gasteiger partial charge in [0.25, 0.3) is 0 Å². The second-order valence-electron chi connectivity index (χ2n) is 3.93. The van der Waals surface area contributed by atoms with E-state index < -0.39 is 0 Å². The number of hydrogen-bond acceptors (Lipinski definition) is 2. The molecule has 0 radical (unpaired) electrons. The Labute approximate surface area is 85.4 Å². The summed E-state index contributed by atoms with van der Waals surface area (Å²) in [5.41, 5.74) is 1.65. The Kier molecular flexibility index (Phi) is 3.29. The molecule has 1 atom stereocenters. The van der Waals surface area contributed by atoms with Crippen molar-refractivity contribution in [3.63, 3.8) is 0 Å². The summed E-state index contributed by atoms with van der Waals surface area (Å²) in [4.78, 5) is 0. The Morgan fingerprint density at radius 3 is 2.57 bits per heavy atom. The number of hydrogen-bond donors (Lipinski definition) is 0. The van der Waals surface area contributed by atoms with Gasteiger partial charge in [0.2, 0.25) is 0 Å². The fourth-order valence-corrected chi connectivity index (χ4v) is 1.34. The van der Waals surface area contributed by atoms with E-state index in [1.165, 1.54) is 0 Å². The minimum Gasteiger partial charge on any atom is -0.271 e. The van der Waals surface area contributed by atoms with E-state index in [4.69, 9.17) is 5.26 Å². The number of nitriles is 1. The van der Waals surface area contributed by atoms with Crippen molar-refractivity contribution in [2.24, 2.45) is 5.92 Å². The van der Waals surface area contributed by atoms with Crippen LogP contribution >= 0.6 is 0 Å². The van der Waals surface area contributed by atoms with Gasteiger partial charge < -0.3 is 0 Å². The van der Waals surface area contributed by atoms with Gasteiger partial charge in [-0.3, -0.25) is 4.68 Å². The number of aryl methyl sites for hydroxylation is 1. The quantitative estimate of drug-likeness (QED) is 0.736. The van der Waals surface area contributed by atoms with Gasteiger partial charge in [-0.25, -0.2) is 0 Å². The molecule has 0 spiro atoms. The summed E-state index contributed by atoms with van der Waals surface area (Å²) in [5.74, 6) is 0.861. The molecule has 0 aliphatic carbocycles. The Morgan fingerprint density at radius 1 is 1.50 bits per heavy atom. The Balaban J connectivity index is 3.07. The summed E-state index contributed by atoms with van der Waals surface area (Å²) in [5, 5.41) is 13.4. The molecular weight excluding hydrogens is 174 g/mol. The van der Waals surface area contributed by atoms with Crippen LogP contribution in [-0.4, -0.2) is 9.78 Å². The third-order valence-corrected chi connectivity index (χ3v) is 2.67. The predicted molar refractivity (Wildman–Crippen MR) is 55.9 cm³/mol. The predicted octanol–water partition coefficient (Wildman–Crippen LogP) is 2.53. The van der Waals surface area contributed by atoms with Crippen LogP contribution in [0.25, 0.3) is 0 Å². The summed E-state index contributed by atoms with van der Waals surface area (Å²) >= 11 is 0. The van der Waals surface area contributed by atoms with E-state index in [1.54, 1.807) is 0 Å². The highest BCUT2D eigenvalue weighted by molar-refractivity contribution is 5.33. The van der Waals surface area contributed by atoms with Crippen molar-refractivity contribution in [3.05, 3.63) is 17.5 Å². The first kappa shape index (κ1) is 10.8.